The molecule has 4 nitrogen and oxygen atoms in total. The van der Waals surface area contributed by atoms with E-state index >= 15 is 0 Å². The van der Waals surface area contributed by atoms with E-state index in [2.05, 4.69) is 16.8 Å². The van der Waals surface area contributed by atoms with Gasteiger partial charge in [0.15, 0.2) is 5.58 Å². The highest BCUT2D eigenvalue weighted by Crippen LogP contribution is 2.23. The number of anilines is 1. The summed E-state index contributed by atoms with van der Waals surface area (Å²) in [4.78, 5) is 7.11. The number of hydrogen-bond donors (Lipinski definition) is 1. The van der Waals surface area contributed by atoms with Crippen molar-refractivity contribution in [3.63, 3.8) is 0 Å². The number of hydrogen-bond acceptors (Lipinski definition) is 4. The van der Waals surface area contributed by atoms with Crippen LogP contribution in [-0.2, 0) is 6.54 Å². The van der Waals surface area contributed by atoms with Gasteiger partial charge in [-0.05, 0) is 44.0 Å². The molecule has 108 valence electrons. The number of likely N-dealkylation sites (tertiary alicyclic amines) is 1. The fourth-order valence-corrected chi connectivity index (χ4v) is 3.14. The van der Waals surface area contributed by atoms with E-state index in [1.54, 1.807) is 0 Å². The molecule has 3 rings (SSSR count). The third-order valence-corrected chi connectivity index (χ3v) is 4.26. The van der Waals surface area contributed by atoms with Gasteiger partial charge in [0.2, 0.25) is 5.89 Å². The summed E-state index contributed by atoms with van der Waals surface area (Å²) in [5, 5.41) is 0. The van der Waals surface area contributed by atoms with Crippen LogP contribution in [0, 0.1) is 0 Å². The van der Waals surface area contributed by atoms with Gasteiger partial charge in [-0.3, -0.25) is 4.90 Å². The van der Waals surface area contributed by atoms with Crippen LogP contribution in [0.2, 0.25) is 0 Å². The Morgan fingerprint density at radius 2 is 2.25 bits per heavy atom. The quantitative estimate of drug-likeness (QED) is 0.869. The predicted octanol–water partition coefficient (Wildman–Crippen LogP) is 3.56. The fourth-order valence-electron chi connectivity index (χ4n) is 3.14. The summed E-state index contributed by atoms with van der Waals surface area (Å²) < 4.78 is 5.85. The van der Waals surface area contributed by atoms with Crippen molar-refractivity contribution in [3.8, 4) is 0 Å². The molecule has 4 heteroatoms. The van der Waals surface area contributed by atoms with E-state index in [0.717, 1.165) is 35.8 Å². The lowest BCUT2D eigenvalue weighted by Gasteiger charge is -2.27. The summed E-state index contributed by atoms with van der Waals surface area (Å²) in [7, 11) is 0. The summed E-state index contributed by atoms with van der Waals surface area (Å²) in [6.45, 7) is 4.24. The van der Waals surface area contributed by atoms with E-state index in [-0.39, 0.29) is 0 Å². The summed E-state index contributed by atoms with van der Waals surface area (Å²) >= 11 is 0. The summed E-state index contributed by atoms with van der Waals surface area (Å²) in [6, 6.07) is 6.30. The number of nitrogens with two attached hydrogens (primary N) is 1. The van der Waals surface area contributed by atoms with Crippen LogP contribution in [0.5, 0.6) is 0 Å². The molecule has 1 unspecified atom stereocenters. The van der Waals surface area contributed by atoms with Crippen LogP contribution in [-0.4, -0.2) is 22.5 Å². The van der Waals surface area contributed by atoms with Crippen molar-refractivity contribution < 1.29 is 4.42 Å². The van der Waals surface area contributed by atoms with Crippen LogP contribution >= 0.6 is 0 Å². The molecule has 1 aliphatic heterocycles. The third kappa shape index (κ3) is 2.80. The van der Waals surface area contributed by atoms with Crippen molar-refractivity contribution in [2.24, 2.45) is 0 Å². The highest BCUT2D eigenvalue weighted by atomic mass is 16.3. The zero-order chi connectivity index (χ0) is 13.9. The van der Waals surface area contributed by atoms with E-state index in [0.29, 0.717) is 6.04 Å². The van der Waals surface area contributed by atoms with Crippen molar-refractivity contribution in [1.82, 2.24) is 9.88 Å². The number of aromatic nitrogens is 1. The molecule has 2 aromatic rings. The molecular formula is C16H23N3O. The number of nitrogens with zero attached hydrogens (tertiary/aromatic N) is 2. The Morgan fingerprint density at radius 1 is 1.35 bits per heavy atom. The average molecular weight is 273 g/mol. The van der Waals surface area contributed by atoms with Crippen molar-refractivity contribution in [3.05, 3.63) is 24.1 Å². The standard InChI is InChI=1S/C16H23N3O/c1-2-13-6-4-3-5-9-19(13)11-16-18-14-10-12(17)7-8-15(14)20-16/h7-8,10,13H,2-6,9,11,17H2,1H3. The minimum absolute atomic E-state index is 0.664. The summed E-state index contributed by atoms with van der Waals surface area (Å²) in [5.74, 6) is 0.811. The fraction of sp³-hybridized carbons (Fsp3) is 0.562. The smallest absolute Gasteiger partial charge is 0.209 e. The van der Waals surface area contributed by atoms with E-state index in [1.807, 2.05) is 18.2 Å². The van der Waals surface area contributed by atoms with E-state index in [1.165, 1.54) is 32.1 Å². The Balaban J connectivity index is 1.80. The SMILES string of the molecule is CCC1CCCCCN1Cc1nc2cc(N)ccc2o1. The monoisotopic (exact) mass is 273 g/mol. The first-order valence-corrected chi connectivity index (χ1v) is 7.65. The molecule has 0 saturated carbocycles. The molecule has 0 radical (unpaired) electrons. The lowest BCUT2D eigenvalue weighted by molar-refractivity contribution is 0.170. The molecule has 0 spiro atoms. The Hall–Kier alpha value is -1.55. The molecule has 1 aromatic carbocycles. The van der Waals surface area contributed by atoms with Crippen LogP contribution in [0.4, 0.5) is 5.69 Å². The average Bonchev–Trinajstić information content (AvgIpc) is 2.68. The largest absolute Gasteiger partial charge is 0.439 e. The van der Waals surface area contributed by atoms with E-state index < -0.39 is 0 Å². The zero-order valence-electron chi connectivity index (χ0n) is 12.1. The first-order chi connectivity index (χ1) is 9.76. The minimum Gasteiger partial charge on any atom is -0.439 e. The Bertz CT molecular complexity index is 578. The van der Waals surface area contributed by atoms with E-state index in [4.69, 9.17) is 10.2 Å². The van der Waals surface area contributed by atoms with Gasteiger partial charge in [-0.1, -0.05) is 19.8 Å². The Morgan fingerprint density at radius 3 is 3.10 bits per heavy atom. The maximum atomic E-state index is 5.85. The molecule has 1 atom stereocenters. The first kappa shape index (κ1) is 13.4. The van der Waals surface area contributed by atoms with Gasteiger partial charge >= 0.3 is 0 Å². The van der Waals surface area contributed by atoms with Gasteiger partial charge in [0.1, 0.15) is 5.52 Å². The number of fused-ring (bicyclic) bond motifs is 1. The Kier molecular flexibility index (Phi) is 3.92. The zero-order valence-corrected chi connectivity index (χ0v) is 12.1. The van der Waals surface area contributed by atoms with Gasteiger partial charge in [-0.2, -0.15) is 0 Å². The maximum Gasteiger partial charge on any atom is 0.209 e. The van der Waals surface area contributed by atoms with Crippen LogP contribution in [0.1, 0.15) is 44.9 Å². The topological polar surface area (TPSA) is 55.3 Å². The highest BCUT2D eigenvalue weighted by Gasteiger charge is 2.21. The summed E-state index contributed by atoms with van der Waals surface area (Å²) in [6.07, 6.45) is 6.47. The molecule has 1 aliphatic rings. The summed E-state index contributed by atoms with van der Waals surface area (Å²) in [5.41, 5.74) is 8.22. The van der Waals surface area contributed by atoms with Gasteiger partial charge in [0.25, 0.3) is 0 Å². The highest BCUT2D eigenvalue weighted by molar-refractivity contribution is 5.76. The molecule has 20 heavy (non-hydrogen) atoms. The van der Waals surface area contributed by atoms with Crippen LogP contribution in [0.15, 0.2) is 22.6 Å². The van der Waals surface area contributed by atoms with Crippen molar-refractivity contribution in [2.45, 2.75) is 51.6 Å². The molecule has 0 aliphatic carbocycles. The molecule has 1 fully saturated rings. The van der Waals surface area contributed by atoms with Gasteiger partial charge in [0.05, 0.1) is 6.54 Å². The van der Waals surface area contributed by atoms with Crippen LogP contribution in [0.25, 0.3) is 11.1 Å². The second-order valence-corrected chi connectivity index (χ2v) is 5.72. The Labute approximate surface area is 120 Å². The predicted molar refractivity (Wildman–Crippen MR) is 81.4 cm³/mol. The molecule has 1 saturated heterocycles. The van der Waals surface area contributed by atoms with Gasteiger partial charge < -0.3 is 10.2 Å². The second-order valence-electron chi connectivity index (χ2n) is 5.72. The van der Waals surface area contributed by atoms with Crippen LogP contribution < -0.4 is 5.73 Å². The van der Waals surface area contributed by atoms with Crippen molar-refractivity contribution >= 4 is 16.8 Å². The molecule has 0 bridgehead atoms. The normalized spacial score (nSPS) is 21.1. The number of nitrogen functional groups attached to an aromatic ring is 1. The van der Waals surface area contributed by atoms with Gasteiger partial charge in [0, 0.05) is 11.7 Å². The number of rotatable bonds is 3. The van der Waals surface area contributed by atoms with Crippen molar-refractivity contribution in [1.29, 1.82) is 0 Å². The second kappa shape index (κ2) is 5.83. The molecule has 2 heterocycles. The molecule has 1 aromatic heterocycles. The molecule has 2 N–H and O–H groups in total. The van der Waals surface area contributed by atoms with E-state index in [9.17, 15) is 0 Å². The molecule has 0 amide bonds. The lowest BCUT2D eigenvalue weighted by atomic mass is 10.1. The number of oxazole rings is 1. The minimum atomic E-state index is 0.664. The van der Waals surface area contributed by atoms with Gasteiger partial charge in [-0.25, -0.2) is 4.98 Å². The lowest BCUT2D eigenvalue weighted by Crippen LogP contribution is -2.33. The molecular weight excluding hydrogens is 250 g/mol. The van der Waals surface area contributed by atoms with Gasteiger partial charge in [-0.15, -0.1) is 0 Å². The van der Waals surface area contributed by atoms with Crippen LogP contribution in [0.3, 0.4) is 0 Å². The maximum absolute atomic E-state index is 5.85. The van der Waals surface area contributed by atoms with Crippen molar-refractivity contribution in [2.75, 3.05) is 12.3 Å². The third-order valence-electron chi connectivity index (χ3n) is 4.26. The number of benzene rings is 1. The first-order valence-electron chi connectivity index (χ1n) is 7.65.